The fraction of sp³-hybridized carbons (Fsp3) is 0.381. The number of hydrogen-bond donors (Lipinski definition) is 2. The normalized spacial score (nSPS) is 18.7. The van der Waals surface area contributed by atoms with Gasteiger partial charge in [0, 0.05) is 17.3 Å². The van der Waals surface area contributed by atoms with E-state index in [9.17, 15) is 9.59 Å². The van der Waals surface area contributed by atoms with Gasteiger partial charge in [-0.2, -0.15) is 0 Å². The van der Waals surface area contributed by atoms with Crippen LogP contribution < -0.4 is 15.4 Å². The van der Waals surface area contributed by atoms with Gasteiger partial charge in [-0.15, -0.1) is 0 Å². The molecule has 1 aromatic heterocycles. The first-order valence-electron chi connectivity index (χ1n) is 9.53. The van der Waals surface area contributed by atoms with Crippen LogP contribution in [0.25, 0.3) is 0 Å². The molecule has 0 atom stereocenters. The molecule has 1 aliphatic rings. The molecule has 0 radical (unpaired) electrons. The third-order valence-electron chi connectivity index (χ3n) is 4.87. The van der Waals surface area contributed by atoms with Crippen molar-refractivity contribution in [3.8, 4) is 5.75 Å². The van der Waals surface area contributed by atoms with Crippen molar-refractivity contribution in [1.82, 2.24) is 15.6 Å². The van der Waals surface area contributed by atoms with E-state index in [0.29, 0.717) is 5.02 Å². The van der Waals surface area contributed by atoms with E-state index in [4.69, 9.17) is 27.9 Å². The summed E-state index contributed by atoms with van der Waals surface area (Å²) < 4.78 is 6.03. The van der Waals surface area contributed by atoms with E-state index < -0.39 is 5.91 Å². The van der Waals surface area contributed by atoms with Gasteiger partial charge < -0.3 is 15.4 Å². The first-order chi connectivity index (χ1) is 13.9. The number of pyridine rings is 1. The molecule has 29 heavy (non-hydrogen) atoms. The number of benzene rings is 1. The molecule has 0 saturated heterocycles. The summed E-state index contributed by atoms with van der Waals surface area (Å²) in [4.78, 5) is 28.6. The number of halogens is 2. The Morgan fingerprint density at radius 2 is 1.93 bits per heavy atom. The largest absolute Gasteiger partial charge is 0.489 e. The summed E-state index contributed by atoms with van der Waals surface area (Å²) in [5.41, 5.74) is 1.12. The topological polar surface area (TPSA) is 80.3 Å². The summed E-state index contributed by atoms with van der Waals surface area (Å²) in [7, 11) is 0. The number of carbonyl (C=O) groups is 2. The minimum Gasteiger partial charge on any atom is -0.489 e. The zero-order chi connectivity index (χ0) is 20.8. The maximum absolute atomic E-state index is 12.2. The van der Waals surface area contributed by atoms with Crippen molar-refractivity contribution in [2.75, 3.05) is 6.54 Å². The van der Waals surface area contributed by atoms with Crippen molar-refractivity contribution < 1.29 is 14.3 Å². The Morgan fingerprint density at radius 3 is 2.66 bits per heavy atom. The minimum absolute atomic E-state index is 0.0732. The Kier molecular flexibility index (Phi) is 7.34. The number of ether oxygens (including phenoxy) is 1. The Hall–Kier alpha value is -2.31. The molecule has 1 heterocycles. The number of hydrogen-bond acceptors (Lipinski definition) is 4. The highest BCUT2D eigenvalue weighted by atomic mass is 35.5. The number of aryl methyl sites for hydroxylation is 1. The van der Waals surface area contributed by atoms with Gasteiger partial charge in [-0.05, 0) is 62.9 Å². The summed E-state index contributed by atoms with van der Waals surface area (Å²) in [5.74, 6) is 0.142. The number of rotatable bonds is 6. The summed E-state index contributed by atoms with van der Waals surface area (Å²) in [5, 5.41) is 6.24. The third kappa shape index (κ3) is 6.08. The smallest absolute Gasteiger partial charge is 0.253 e. The van der Waals surface area contributed by atoms with Crippen LogP contribution >= 0.6 is 23.2 Å². The molecule has 0 bridgehead atoms. The summed E-state index contributed by atoms with van der Waals surface area (Å²) in [6, 6.07) is 8.48. The summed E-state index contributed by atoms with van der Waals surface area (Å²) >= 11 is 11.9. The van der Waals surface area contributed by atoms with Gasteiger partial charge >= 0.3 is 0 Å². The molecular weight excluding hydrogens is 413 g/mol. The lowest BCUT2D eigenvalue weighted by Crippen LogP contribution is -2.44. The number of amides is 2. The van der Waals surface area contributed by atoms with Gasteiger partial charge in [0.05, 0.1) is 28.9 Å². The molecule has 6 nitrogen and oxygen atoms in total. The van der Waals surface area contributed by atoms with E-state index in [-0.39, 0.29) is 35.2 Å². The Morgan fingerprint density at radius 1 is 1.17 bits per heavy atom. The number of aromatic nitrogens is 1. The minimum atomic E-state index is -0.434. The van der Waals surface area contributed by atoms with E-state index in [1.54, 1.807) is 18.3 Å². The molecule has 0 unspecified atom stereocenters. The maximum Gasteiger partial charge on any atom is 0.253 e. The van der Waals surface area contributed by atoms with Crippen LogP contribution in [0.15, 0.2) is 36.5 Å². The molecule has 8 heteroatoms. The van der Waals surface area contributed by atoms with Gasteiger partial charge in [0.25, 0.3) is 5.91 Å². The standard InChI is InChI=1S/C21H23Cl2N3O3/c1-13-19(3-2-10-24-13)29-16-7-5-15(6-8-16)26-20(27)12-25-21(28)17-11-14(22)4-9-18(17)23/h2-4,9-11,15-16H,5-8,12H2,1H3,(H,25,28)(H,26,27). The van der Waals surface area contributed by atoms with Gasteiger partial charge in [0.1, 0.15) is 5.75 Å². The number of carbonyl (C=O) groups excluding carboxylic acids is 2. The molecule has 1 aliphatic carbocycles. The molecule has 1 fully saturated rings. The van der Waals surface area contributed by atoms with Crippen molar-refractivity contribution in [2.45, 2.75) is 44.8 Å². The van der Waals surface area contributed by atoms with E-state index >= 15 is 0 Å². The Balaban J connectivity index is 1.41. The van der Waals surface area contributed by atoms with Crippen LogP contribution in [0.3, 0.4) is 0 Å². The van der Waals surface area contributed by atoms with E-state index in [2.05, 4.69) is 15.6 Å². The molecule has 2 aromatic rings. The van der Waals surface area contributed by atoms with Gasteiger partial charge in [0.15, 0.2) is 0 Å². The predicted molar refractivity (Wildman–Crippen MR) is 113 cm³/mol. The maximum atomic E-state index is 12.2. The zero-order valence-electron chi connectivity index (χ0n) is 16.1. The van der Waals surface area contributed by atoms with Gasteiger partial charge in [-0.3, -0.25) is 14.6 Å². The fourth-order valence-electron chi connectivity index (χ4n) is 3.30. The Labute approximate surface area is 179 Å². The average Bonchev–Trinajstić information content (AvgIpc) is 2.71. The van der Waals surface area contributed by atoms with Crippen LogP contribution in [0.2, 0.25) is 10.0 Å². The average molecular weight is 436 g/mol. The quantitative estimate of drug-likeness (QED) is 0.719. The fourth-order valence-corrected chi connectivity index (χ4v) is 3.68. The van der Waals surface area contributed by atoms with Crippen molar-refractivity contribution in [2.24, 2.45) is 0 Å². The summed E-state index contributed by atoms with van der Waals surface area (Å²) in [6.45, 7) is 1.80. The highest BCUT2D eigenvalue weighted by Gasteiger charge is 2.24. The first-order valence-corrected chi connectivity index (χ1v) is 10.3. The molecule has 154 valence electrons. The van der Waals surface area contributed by atoms with E-state index in [1.165, 1.54) is 6.07 Å². The van der Waals surface area contributed by atoms with Crippen LogP contribution in [0.4, 0.5) is 0 Å². The second-order valence-electron chi connectivity index (χ2n) is 7.05. The van der Waals surface area contributed by atoms with Crippen LogP contribution in [0.1, 0.15) is 41.7 Å². The van der Waals surface area contributed by atoms with E-state index in [0.717, 1.165) is 37.1 Å². The third-order valence-corrected chi connectivity index (χ3v) is 5.44. The number of nitrogens with zero attached hydrogens (tertiary/aromatic N) is 1. The molecule has 2 amide bonds. The molecule has 2 N–H and O–H groups in total. The highest BCUT2D eigenvalue weighted by Crippen LogP contribution is 2.25. The van der Waals surface area contributed by atoms with Crippen molar-refractivity contribution >= 4 is 35.0 Å². The lowest BCUT2D eigenvalue weighted by atomic mass is 9.93. The molecule has 0 spiro atoms. The molecule has 3 rings (SSSR count). The second kappa shape index (κ2) is 9.94. The van der Waals surface area contributed by atoms with Gasteiger partial charge in [0.2, 0.25) is 5.91 Å². The van der Waals surface area contributed by atoms with Gasteiger partial charge in [-0.1, -0.05) is 23.2 Å². The second-order valence-corrected chi connectivity index (χ2v) is 7.90. The molecule has 1 saturated carbocycles. The number of nitrogens with one attached hydrogen (secondary N) is 2. The van der Waals surface area contributed by atoms with Crippen molar-refractivity contribution in [3.05, 3.63) is 57.8 Å². The van der Waals surface area contributed by atoms with Crippen molar-refractivity contribution in [3.63, 3.8) is 0 Å². The van der Waals surface area contributed by atoms with Crippen LogP contribution in [-0.2, 0) is 4.79 Å². The lowest BCUT2D eigenvalue weighted by molar-refractivity contribution is -0.121. The monoisotopic (exact) mass is 435 g/mol. The Bertz CT molecular complexity index is 883. The lowest BCUT2D eigenvalue weighted by Gasteiger charge is -2.29. The SMILES string of the molecule is Cc1ncccc1OC1CCC(NC(=O)CNC(=O)c2cc(Cl)ccc2Cl)CC1. The van der Waals surface area contributed by atoms with Crippen LogP contribution in [0.5, 0.6) is 5.75 Å². The van der Waals surface area contributed by atoms with Crippen molar-refractivity contribution in [1.29, 1.82) is 0 Å². The predicted octanol–water partition coefficient (Wildman–Crippen LogP) is 3.93. The van der Waals surface area contributed by atoms with Crippen LogP contribution in [0, 0.1) is 6.92 Å². The molecular formula is C21H23Cl2N3O3. The summed E-state index contributed by atoms with van der Waals surface area (Å²) in [6.07, 6.45) is 5.21. The molecule has 1 aromatic carbocycles. The van der Waals surface area contributed by atoms with E-state index in [1.807, 2.05) is 19.1 Å². The zero-order valence-corrected chi connectivity index (χ0v) is 17.6. The highest BCUT2D eigenvalue weighted by molar-refractivity contribution is 6.35. The molecule has 0 aliphatic heterocycles. The van der Waals surface area contributed by atoms with Gasteiger partial charge in [-0.25, -0.2) is 0 Å². The van der Waals surface area contributed by atoms with Crippen LogP contribution in [-0.4, -0.2) is 35.5 Å². The first kappa shape index (κ1) is 21.4.